The fourth-order valence-electron chi connectivity index (χ4n) is 2.73. The van der Waals surface area contributed by atoms with Crippen LogP contribution in [0.15, 0.2) is 42.7 Å². The summed E-state index contributed by atoms with van der Waals surface area (Å²) in [5.74, 6) is 1.04. The van der Waals surface area contributed by atoms with E-state index in [2.05, 4.69) is 17.2 Å². The number of carbonyl (C=O) groups is 1. The van der Waals surface area contributed by atoms with Crippen molar-refractivity contribution >= 4 is 17.2 Å². The lowest BCUT2D eigenvalue weighted by molar-refractivity contribution is -0.123. The number of anilines is 1. The molecule has 0 radical (unpaired) electrons. The number of ether oxygens (including phenoxy) is 2. The summed E-state index contributed by atoms with van der Waals surface area (Å²) in [6.45, 7) is 2.70. The summed E-state index contributed by atoms with van der Waals surface area (Å²) >= 11 is 0. The van der Waals surface area contributed by atoms with Crippen LogP contribution in [0.2, 0.25) is 0 Å². The molecule has 0 saturated carbocycles. The van der Waals surface area contributed by atoms with Gasteiger partial charge in [0.25, 0.3) is 5.91 Å². The predicted molar refractivity (Wildman–Crippen MR) is 105 cm³/mol. The monoisotopic (exact) mass is 368 g/mol. The van der Waals surface area contributed by atoms with E-state index in [1.807, 2.05) is 41.1 Å². The summed E-state index contributed by atoms with van der Waals surface area (Å²) in [6.07, 6.45) is 5.76. The van der Waals surface area contributed by atoms with Gasteiger partial charge in [0.05, 0.1) is 18.5 Å². The van der Waals surface area contributed by atoms with Crippen molar-refractivity contribution in [1.82, 2.24) is 14.7 Å². The van der Waals surface area contributed by atoms with E-state index in [1.165, 1.54) is 0 Å². The molecule has 3 rings (SSSR count). The molecule has 1 amide bonds. The molecular formula is C20H24N4O3. The molecule has 7 nitrogen and oxygen atoms in total. The number of nitrogens with one attached hydrogen (secondary N) is 1. The first-order valence-corrected chi connectivity index (χ1v) is 8.93. The minimum Gasteiger partial charge on any atom is -0.495 e. The quantitative estimate of drug-likeness (QED) is 0.471. The van der Waals surface area contributed by atoms with Gasteiger partial charge >= 0.3 is 0 Å². The highest BCUT2D eigenvalue weighted by molar-refractivity contribution is 5.78. The van der Waals surface area contributed by atoms with E-state index in [0.717, 1.165) is 24.1 Å². The lowest BCUT2D eigenvalue weighted by atomic mass is 10.1. The van der Waals surface area contributed by atoms with Crippen molar-refractivity contribution in [2.75, 3.05) is 26.0 Å². The Morgan fingerprint density at radius 1 is 1.30 bits per heavy atom. The lowest BCUT2D eigenvalue weighted by Gasteiger charge is -2.07. The molecule has 0 aliphatic heterocycles. The van der Waals surface area contributed by atoms with Crippen LogP contribution in [-0.4, -0.2) is 35.6 Å². The molecule has 0 spiro atoms. The molecule has 0 aliphatic rings. The SMILES string of the molecule is CCCCNC(=O)COc1cccn2cc(-c3ccc(OC)c(N)c3)nc12. The molecule has 0 atom stereocenters. The van der Waals surface area contributed by atoms with E-state index >= 15 is 0 Å². The second-order valence-corrected chi connectivity index (χ2v) is 6.18. The number of aromatic nitrogens is 2. The second kappa shape index (κ2) is 8.44. The molecule has 2 aromatic heterocycles. The summed E-state index contributed by atoms with van der Waals surface area (Å²) < 4.78 is 12.7. The average Bonchev–Trinajstić information content (AvgIpc) is 3.11. The maximum atomic E-state index is 11.9. The zero-order chi connectivity index (χ0) is 19.2. The fraction of sp³-hybridized carbons (Fsp3) is 0.300. The molecule has 0 saturated heterocycles. The molecule has 142 valence electrons. The third-order valence-electron chi connectivity index (χ3n) is 4.18. The first-order chi connectivity index (χ1) is 13.1. The second-order valence-electron chi connectivity index (χ2n) is 6.18. The predicted octanol–water partition coefficient (Wildman–Crippen LogP) is 2.89. The van der Waals surface area contributed by atoms with Gasteiger partial charge in [-0.05, 0) is 36.8 Å². The molecule has 0 fully saturated rings. The van der Waals surface area contributed by atoms with Crippen LogP contribution < -0.4 is 20.5 Å². The maximum Gasteiger partial charge on any atom is 0.257 e. The van der Waals surface area contributed by atoms with Crippen molar-refractivity contribution < 1.29 is 14.3 Å². The molecule has 2 heterocycles. The number of imidazole rings is 1. The van der Waals surface area contributed by atoms with Crippen molar-refractivity contribution in [2.45, 2.75) is 19.8 Å². The molecule has 0 unspecified atom stereocenters. The van der Waals surface area contributed by atoms with Gasteiger partial charge in [-0.25, -0.2) is 4.98 Å². The number of nitrogens with zero attached hydrogens (tertiary/aromatic N) is 2. The number of hydrogen-bond donors (Lipinski definition) is 2. The molecule has 0 aliphatic carbocycles. The topological polar surface area (TPSA) is 90.9 Å². The Bertz CT molecular complexity index is 936. The van der Waals surface area contributed by atoms with E-state index in [4.69, 9.17) is 15.2 Å². The number of fused-ring (bicyclic) bond motifs is 1. The average molecular weight is 368 g/mol. The van der Waals surface area contributed by atoms with Crippen LogP contribution in [0.3, 0.4) is 0 Å². The summed E-state index contributed by atoms with van der Waals surface area (Å²) in [5, 5.41) is 2.83. The summed E-state index contributed by atoms with van der Waals surface area (Å²) in [7, 11) is 1.58. The molecular weight excluding hydrogens is 344 g/mol. The molecule has 7 heteroatoms. The zero-order valence-electron chi connectivity index (χ0n) is 15.6. The third kappa shape index (κ3) is 4.31. The third-order valence-corrected chi connectivity index (χ3v) is 4.18. The van der Waals surface area contributed by atoms with Gasteiger partial charge in [0.1, 0.15) is 5.75 Å². The molecule has 0 bridgehead atoms. The van der Waals surface area contributed by atoms with Crippen LogP contribution in [-0.2, 0) is 4.79 Å². The molecule has 27 heavy (non-hydrogen) atoms. The van der Waals surface area contributed by atoms with Crippen LogP contribution in [0.25, 0.3) is 16.9 Å². The molecule has 3 aromatic rings. The van der Waals surface area contributed by atoms with E-state index in [0.29, 0.717) is 29.4 Å². The number of pyridine rings is 1. The Labute approximate surface area is 158 Å². The van der Waals surface area contributed by atoms with Gasteiger partial charge in [0, 0.05) is 24.5 Å². The van der Waals surface area contributed by atoms with E-state index < -0.39 is 0 Å². The standard InChI is InChI=1S/C20H24N4O3/c1-3-4-9-22-19(25)13-27-18-6-5-10-24-12-16(23-20(18)24)14-7-8-17(26-2)15(21)11-14/h5-8,10-12H,3-4,9,13,21H2,1-2H3,(H,22,25). The molecule has 1 aromatic carbocycles. The zero-order valence-corrected chi connectivity index (χ0v) is 15.6. The Balaban J connectivity index is 1.79. The van der Waals surface area contributed by atoms with E-state index in [9.17, 15) is 4.79 Å². The summed E-state index contributed by atoms with van der Waals surface area (Å²) in [5.41, 5.74) is 8.82. The summed E-state index contributed by atoms with van der Waals surface area (Å²) in [4.78, 5) is 16.5. The highest BCUT2D eigenvalue weighted by Crippen LogP contribution is 2.29. The van der Waals surface area contributed by atoms with Gasteiger partial charge in [0.2, 0.25) is 0 Å². The van der Waals surface area contributed by atoms with Crippen LogP contribution in [0.4, 0.5) is 5.69 Å². The van der Waals surface area contributed by atoms with Crippen molar-refractivity contribution in [2.24, 2.45) is 0 Å². The first kappa shape index (κ1) is 18.6. The van der Waals surface area contributed by atoms with Gasteiger partial charge in [-0.1, -0.05) is 13.3 Å². The first-order valence-electron chi connectivity index (χ1n) is 8.93. The van der Waals surface area contributed by atoms with Crippen molar-refractivity contribution in [3.8, 4) is 22.8 Å². The number of carbonyl (C=O) groups excluding carboxylic acids is 1. The highest BCUT2D eigenvalue weighted by Gasteiger charge is 2.11. The minimum absolute atomic E-state index is 0.0406. The Morgan fingerprint density at radius 3 is 2.89 bits per heavy atom. The largest absolute Gasteiger partial charge is 0.495 e. The van der Waals surface area contributed by atoms with Crippen LogP contribution in [0.5, 0.6) is 11.5 Å². The minimum atomic E-state index is -0.139. The summed E-state index contributed by atoms with van der Waals surface area (Å²) in [6, 6.07) is 9.19. The number of rotatable bonds is 8. The smallest absolute Gasteiger partial charge is 0.257 e. The van der Waals surface area contributed by atoms with Crippen molar-refractivity contribution in [1.29, 1.82) is 0 Å². The maximum absolute atomic E-state index is 11.9. The number of methoxy groups -OCH3 is 1. The van der Waals surface area contributed by atoms with Gasteiger partial charge in [-0.3, -0.25) is 4.79 Å². The number of hydrogen-bond acceptors (Lipinski definition) is 5. The van der Waals surface area contributed by atoms with E-state index in [1.54, 1.807) is 13.2 Å². The van der Waals surface area contributed by atoms with Crippen LogP contribution >= 0.6 is 0 Å². The molecule has 3 N–H and O–H groups in total. The highest BCUT2D eigenvalue weighted by atomic mass is 16.5. The van der Waals surface area contributed by atoms with Crippen LogP contribution in [0.1, 0.15) is 19.8 Å². The Morgan fingerprint density at radius 2 is 2.15 bits per heavy atom. The number of nitrogen functional groups attached to an aromatic ring is 1. The van der Waals surface area contributed by atoms with Gasteiger partial charge in [-0.2, -0.15) is 0 Å². The van der Waals surface area contributed by atoms with Crippen molar-refractivity contribution in [3.05, 3.63) is 42.7 Å². The Kier molecular flexibility index (Phi) is 5.80. The number of unbranched alkanes of at least 4 members (excludes halogenated alkanes) is 1. The normalized spacial score (nSPS) is 10.7. The number of nitrogens with two attached hydrogens (primary N) is 1. The van der Waals surface area contributed by atoms with Crippen LogP contribution in [0, 0.1) is 0 Å². The van der Waals surface area contributed by atoms with Gasteiger partial charge in [-0.15, -0.1) is 0 Å². The lowest BCUT2D eigenvalue weighted by Crippen LogP contribution is -2.29. The van der Waals surface area contributed by atoms with Gasteiger partial charge in [0.15, 0.2) is 18.0 Å². The van der Waals surface area contributed by atoms with Gasteiger partial charge < -0.3 is 24.9 Å². The van der Waals surface area contributed by atoms with E-state index in [-0.39, 0.29) is 12.5 Å². The fourth-order valence-corrected chi connectivity index (χ4v) is 2.73. The number of amides is 1. The Hall–Kier alpha value is -3.22. The van der Waals surface area contributed by atoms with Crippen molar-refractivity contribution in [3.63, 3.8) is 0 Å². The number of benzene rings is 1.